The lowest BCUT2D eigenvalue weighted by Gasteiger charge is -2.29. The largest absolute Gasteiger partial charge is 0.478 e. The van der Waals surface area contributed by atoms with Crippen LogP contribution in [0.1, 0.15) is 47.9 Å². The number of benzene rings is 4. The van der Waals surface area contributed by atoms with Crippen molar-refractivity contribution in [3.63, 3.8) is 0 Å². The molecule has 7 rings (SSSR count). The lowest BCUT2D eigenvalue weighted by Crippen LogP contribution is -2.28. The molecule has 0 amide bonds. The molecule has 0 spiro atoms. The Morgan fingerprint density at radius 2 is 1.70 bits per heavy atom. The van der Waals surface area contributed by atoms with Crippen LogP contribution < -0.4 is 5.32 Å². The fourth-order valence-electron chi connectivity index (χ4n) is 5.84. The van der Waals surface area contributed by atoms with Crippen molar-refractivity contribution in [3.05, 3.63) is 119 Å². The van der Waals surface area contributed by atoms with Crippen LogP contribution in [0, 0.1) is 0 Å². The predicted octanol–water partition coefficient (Wildman–Crippen LogP) is 7.77. The fourth-order valence-corrected chi connectivity index (χ4v) is 6.47. The van der Waals surface area contributed by atoms with Crippen molar-refractivity contribution in [1.82, 2.24) is 5.32 Å². The van der Waals surface area contributed by atoms with Gasteiger partial charge in [0.15, 0.2) is 0 Å². The molecule has 0 saturated heterocycles. The number of hydrogen-bond donors (Lipinski definition) is 2. The Hall–Kier alpha value is -3.34. The van der Waals surface area contributed by atoms with Crippen molar-refractivity contribution in [1.29, 1.82) is 0 Å². The van der Waals surface area contributed by atoms with E-state index in [0.717, 1.165) is 5.75 Å². The molecule has 2 N–H and O–H groups in total. The lowest BCUT2D eigenvalue weighted by molar-refractivity contribution is -0.132. The molecule has 1 fully saturated rings. The summed E-state index contributed by atoms with van der Waals surface area (Å²) in [6.45, 7) is 0. The van der Waals surface area contributed by atoms with E-state index in [4.69, 9.17) is 5.11 Å². The van der Waals surface area contributed by atoms with Crippen molar-refractivity contribution < 1.29 is 9.90 Å². The van der Waals surface area contributed by atoms with E-state index >= 15 is 0 Å². The number of carbonyl (C=O) groups is 1. The molecule has 1 saturated carbocycles. The van der Waals surface area contributed by atoms with Crippen LogP contribution in [0.3, 0.4) is 0 Å². The van der Waals surface area contributed by atoms with Gasteiger partial charge in [0, 0.05) is 23.8 Å². The number of carboxylic acids is 1. The molecule has 0 bridgehead atoms. The molecular formula is C33H31NO2S. The second-order valence-corrected chi connectivity index (χ2v) is 11.0. The Morgan fingerprint density at radius 3 is 2.49 bits per heavy atom. The maximum atomic E-state index is 10.2. The van der Waals surface area contributed by atoms with Crippen molar-refractivity contribution in [3.8, 4) is 0 Å². The zero-order chi connectivity index (χ0) is 25.2. The molecule has 186 valence electrons. The van der Waals surface area contributed by atoms with Gasteiger partial charge in [-0.25, -0.2) is 4.79 Å². The zero-order valence-corrected chi connectivity index (χ0v) is 21.6. The van der Waals surface area contributed by atoms with Gasteiger partial charge in [0.2, 0.25) is 0 Å². The Morgan fingerprint density at radius 1 is 0.892 bits per heavy atom. The Bertz CT molecular complexity index is 1510. The number of aliphatic carboxylic acids is 1. The number of fused-ring (bicyclic) bond motifs is 5. The summed E-state index contributed by atoms with van der Waals surface area (Å²) in [5.41, 5.74) is 4.99. The van der Waals surface area contributed by atoms with E-state index in [1.54, 1.807) is 40.4 Å². The van der Waals surface area contributed by atoms with Crippen molar-refractivity contribution >= 4 is 39.3 Å². The van der Waals surface area contributed by atoms with Crippen LogP contribution in [-0.2, 0) is 11.2 Å². The molecule has 4 aromatic rings. The molecule has 3 atom stereocenters. The summed E-state index contributed by atoms with van der Waals surface area (Å²) < 4.78 is 0. The molecule has 4 aromatic carbocycles. The summed E-state index contributed by atoms with van der Waals surface area (Å²) in [6.07, 6.45) is 8.32. The van der Waals surface area contributed by atoms with Crippen molar-refractivity contribution in [2.45, 2.75) is 43.7 Å². The minimum atomic E-state index is -0.841. The van der Waals surface area contributed by atoms with Crippen LogP contribution in [0.4, 0.5) is 0 Å². The van der Waals surface area contributed by atoms with Gasteiger partial charge in [-0.05, 0) is 75.4 Å². The monoisotopic (exact) mass is 505 g/mol. The van der Waals surface area contributed by atoms with Crippen LogP contribution in [0.25, 0.3) is 21.5 Å². The first-order chi connectivity index (χ1) is 18.2. The Labute approximate surface area is 222 Å². The van der Waals surface area contributed by atoms with Gasteiger partial charge < -0.3 is 10.4 Å². The number of nitrogens with one attached hydrogen (secondary N) is 1. The maximum Gasteiger partial charge on any atom is 0.335 e. The highest BCUT2D eigenvalue weighted by Gasteiger charge is 2.40. The van der Waals surface area contributed by atoms with Gasteiger partial charge in [-0.3, -0.25) is 0 Å². The summed E-state index contributed by atoms with van der Waals surface area (Å²) >= 11 is 1.60. The number of aryl methyl sites for hydroxylation is 1. The molecule has 3 unspecified atom stereocenters. The standard InChI is InChI=1S/C27H25N.C6H6O2S/c1-2-7-18(8-3-1)24-17-26(24)28-25-12-6-10-20-14-15-22-21-11-5-4-9-19(21)13-16-23(22)27(20)25;7-6(8)5-1-3-9-4-2-5/h1-5,7-9,11,13-16,24-26,28H,6,10,12,17H2;1-3H,4H2,(H,7,8). The Balaban J connectivity index is 0.000000239. The highest BCUT2D eigenvalue weighted by atomic mass is 32.2. The summed E-state index contributed by atoms with van der Waals surface area (Å²) in [5.74, 6) is 0.618. The van der Waals surface area contributed by atoms with E-state index in [2.05, 4.69) is 84.2 Å². The maximum absolute atomic E-state index is 10.2. The van der Waals surface area contributed by atoms with Gasteiger partial charge in [0.05, 0.1) is 5.57 Å². The van der Waals surface area contributed by atoms with Crippen LogP contribution in [0.5, 0.6) is 0 Å². The van der Waals surface area contributed by atoms with Gasteiger partial charge in [-0.15, -0.1) is 11.8 Å². The first-order valence-corrected chi connectivity index (χ1v) is 14.2. The third-order valence-electron chi connectivity index (χ3n) is 7.77. The normalized spacial score (nSPS) is 22.1. The van der Waals surface area contributed by atoms with E-state index in [9.17, 15) is 4.79 Å². The second-order valence-electron chi connectivity index (χ2n) is 10.1. The van der Waals surface area contributed by atoms with Gasteiger partial charge in [-0.2, -0.15) is 0 Å². The van der Waals surface area contributed by atoms with Gasteiger partial charge >= 0.3 is 5.97 Å². The lowest BCUT2D eigenvalue weighted by atomic mass is 9.83. The highest BCUT2D eigenvalue weighted by Crippen LogP contribution is 2.45. The van der Waals surface area contributed by atoms with Gasteiger partial charge in [0.1, 0.15) is 0 Å². The number of rotatable bonds is 4. The van der Waals surface area contributed by atoms with Crippen molar-refractivity contribution in [2.24, 2.45) is 0 Å². The van der Waals surface area contributed by atoms with Crippen molar-refractivity contribution in [2.75, 3.05) is 5.75 Å². The van der Waals surface area contributed by atoms with Gasteiger partial charge in [-0.1, -0.05) is 84.9 Å². The molecular weight excluding hydrogens is 474 g/mol. The molecule has 0 radical (unpaired) electrons. The van der Waals surface area contributed by atoms with Crippen LogP contribution in [-0.4, -0.2) is 22.9 Å². The first-order valence-electron chi connectivity index (χ1n) is 13.1. The van der Waals surface area contributed by atoms with Crippen LogP contribution in [0.2, 0.25) is 0 Å². The zero-order valence-electron chi connectivity index (χ0n) is 20.8. The quantitative estimate of drug-likeness (QED) is 0.278. The average Bonchev–Trinajstić information content (AvgIpc) is 3.73. The van der Waals surface area contributed by atoms with E-state index < -0.39 is 5.97 Å². The average molecular weight is 506 g/mol. The van der Waals surface area contributed by atoms with Crippen LogP contribution >= 0.6 is 11.8 Å². The molecule has 1 aliphatic heterocycles. The van der Waals surface area contributed by atoms with Crippen LogP contribution in [0.15, 0.2) is 102 Å². The van der Waals surface area contributed by atoms with E-state index in [-0.39, 0.29) is 0 Å². The molecule has 0 aromatic heterocycles. The third-order valence-corrected chi connectivity index (χ3v) is 8.46. The second kappa shape index (κ2) is 10.6. The van der Waals surface area contributed by atoms with E-state index in [1.807, 2.05) is 0 Å². The highest BCUT2D eigenvalue weighted by molar-refractivity contribution is 8.02. The number of carboxylic acid groups (broad SMARTS) is 1. The van der Waals surface area contributed by atoms with E-state index in [0.29, 0.717) is 23.6 Å². The minimum absolute atomic E-state index is 0.397. The predicted molar refractivity (Wildman–Crippen MR) is 155 cm³/mol. The SMILES string of the molecule is O=C(O)C1=CCSC=C1.c1ccc(C2CC2NC2CCCc3ccc4c(ccc5ccccc54)c32)cc1. The summed E-state index contributed by atoms with van der Waals surface area (Å²) in [7, 11) is 0. The Kier molecular flexibility index (Phi) is 6.86. The molecule has 4 heteroatoms. The summed E-state index contributed by atoms with van der Waals surface area (Å²) in [5, 5.41) is 19.8. The molecule has 3 nitrogen and oxygen atoms in total. The van der Waals surface area contributed by atoms with Gasteiger partial charge in [0.25, 0.3) is 0 Å². The topological polar surface area (TPSA) is 49.3 Å². The number of hydrogen-bond acceptors (Lipinski definition) is 3. The molecule has 37 heavy (non-hydrogen) atoms. The molecule has 1 heterocycles. The molecule has 3 aliphatic rings. The smallest absolute Gasteiger partial charge is 0.335 e. The summed E-state index contributed by atoms with van der Waals surface area (Å²) in [4.78, 5) is 10.2. The third kappa shape index (κ3) is 5.09. The minimum Gasteiger partial charge on any atom is -0.478 e. The fraction of sp³-hybridized carbons (Fsp3) is 0.242. The van der Waals surface area contributed by atoms with E-state index in [1.165, 1.54) is 52.8 Å². The number of thioether (sulfide) groups is 1. The summed E-state index contributed by atoms with van der Waals surface area (Å²) in [6, 6.07) is 30.3. The first kappa shape index (κ1) is 24.0. The molecule has 2 aliphatic carbocycles.